The van der Waals surface area contributed by atoms with Gasteiger partial charge in [-0.3, -0.25) is 9.59 Å². The van der Waals surface area contributed by atoms with Crippen LogP contribution in [0, 0.1) is 0 Å². The summed E-state index contributed by atoms with van der Waals surface area (Å²) in [5.74, 6) is -2.45. The highest BCUT2D eigenvalue weighted by Crippen LogP contribution is 2.49. The number of hydrogen-bond donors (Lipinski definition) is 2. The van der Waals surface area contributed by atoms with Gasteiger partial charge in [0.05, 0.1) is 19.0 Å². The molecule has 0 saturated heterocycles. The Morgan fingerprint density at radius 3 is 2.12 bits per heavy atom. The fourth-order valence-electron chi connectivity index (χ4n) is 4.52. The number of amides is 2. The van der Waals surface area contributed by atoms with Crippen LogP contribution in [0.1, 0.15) is 43.2 Å². The van der Waals surface area contributed by atoms with Crippen LogP contribution in [0.4, 0.5) is 26.3 Å². The van der Waals surface area contributed by atoms with Crippen molar-refractivity contribution in [1.29, 1.82) is 0 Å². The van der Waals surface area contributed by atoms with Crippen LogP contribution in [-0.4, -0.2) is 51.6 Å². The van der Waals surface area contributed by atoms with Gasteiger partial charge in [-0.2, -0.15) is 26.3 Å². The number of carbonyl (C=O) groups is 2. The second-order valence-electron chi connectivity index (χ2n) is 9.88. The monoisotopic (exact) mass is 620 g/mol. The summed E-state index contributed by atoms with van der Waals surface area (Å²) in [7, 11) is -2.78. The Morgan fingerprint density at radius 2 is 1.60 bits per heavy atom. The van der Waals surface area contributed by atoms with E-state index in [9.17, 15) is 44.3 Å². The average molecular weight is 621 g/mol. The highest BCUT2D eigenvalue weighted by Gasteiger charge is 2.60. The highest BCUT2D eigenvalue weighted by molar-refractivity contribution is 7.91. The zero-order valence-corrected chi connectivity index (χ0v) is 22.9. The molecular weight excluding hydrogens is 594 g/mol. The van der Waals surface area contributed by atoms with E-state index in [1.807, 2.05) is 10.0 Å². The number of methoxy groups -OCH3 is 1. The second-order valence-corrected chi connectivity index (χ2v) is 11.8. The summed E-state index contributed by atoms with van der Waals surface area (Å²) in [4.78, 5) is 26.4. The number of hydrogen-bond acceptors (Lipinski definition) is 6. The van der Waals surface area contributed by atoms with Crippen LogP contribution in [0.15, 0.2) is 54.1 Å². The number of alkyl halides is 6. The molecule has 1 atom stereocenters. The smallest absolute Gasteiger partial charge is 0.416 e. The van der Waals surface area contributed by atoms with Crippen LogP contribution >= 0.6 is 0 Å². The predicted octanol–water partition coefficient (Wildman–Crippen LogP) is 4.76. The van der Waals surface area contributed by atoms with Crippen molar-refractivity contribution in [3.63, 3.8) is 0 Å². The van der Waals surface area contributed by atoms with E-state index in [1.54, 1.807) is 0 Å². The maximum atomic E-state index is 14.8. The van der Waals surface area contributed by atoms with Gasteiger partial charge in [0.15, 0.2) is 5.54 Å². The minimum absolute atomic E-state index is 0.0108. The molecule has 1 heterocycles. The largest absolute Gasteiger partial charge is 0.497 e. The van der Waals surface area contributed by atoms with Gasteiger partial charge in [-0.25, -0.2) is 13.1 Å². The Balaban J connectivity index is 1.72. The summed E-state index contributed by atoms with van der Waals surface area (Å²) in [6.07, 6.45) is -11.3. The maximum Gasteiger partial charge on any atom is 0.416 e. The molecule has 8 nitrogen and oxygen atoms in total. The molecular formula is C27H26F6N2O6S. The predicted molar refractivity (Wildman–Crippen MR) is 138 cm³/mol. The van der Waals surface area contributed by atoms with Crippen molar-refractivity contribution in [1.82, 2.24) is 10.0 Å². The van der Waals surface area contributed by atoms with Gasteiger partial charge in [0.1, 0.15) is 17.1 Å². The molecule has 15 heteroatoms. The summed E-state index contributed by atoms with van der Waals surface area (Å²) in [6.45, 7) is -0.327. The van der Waals surface area contributed by atoms with Crippen molar-refractivity contribution in [2.24, 2.45) is 0 Å². The lowest BCUT2D eigenvalue weighted by Gasteiger charge is -2.41. The number of nitrogens with one attached hydrogen (secondary N) is 2. The normalized spacial score (nSPS) is 19.7. The molecule has 228 valence electrons. The minimum atomic E-state index is -5.11. The van der Waals surface area contributed by atoms with Crippen LogP contribution in [0.3, 0.4) is 0 Å². The fraction of sp³-hybridized carbons (Fsp3) is 0.407. The van der Waals surface area contributed by atoms with Crippen molar-refractivity contribution >= 4 is 27.4 Å². The number of sulfonamides is 1. The van der Waals surface area contributed by atoms with Crippen LogP contribution in [0.5, 0.6) is 11.5 Å². The summed E-state index contributed by atoms with van der Waals surface area (Å²) in [5.41, 5.74) is -4.57. The Morgan fingerprint density at radius 1 is 1.00 bits per heavy atom. The lowest BCUT2D eigenvalue weighted by atomic mass is 9.76. The first kappa shape index (κ1) is 31.2. The van der Waals surface area contributed by atoms with Gasteiger partial charge in [-0.15, -0.1) is 0 Å². The van der Waals surface area contributed by atoms with Crippen LogP contribution in [0.2, 0.25) is 0 Å². The molecule has 1 aliphatic carbocycles. The Kier molecular flexibility index (Phi) is 8.54. The van der Waals surface area contributed by atoms with E-state index in [4.69, 9.17) is 9.47 Å². The molecule has 2 aliphatic rings. The molecule has 4 rings (SSSR count). The fourth-order valence-corrected chi connectivity index (χ4v) is 5.80. The van der Waals surface area contributed by atoms with Crippen LogP contribution in [-0.2, 0) is 25.2 Å². The van der Waals surface area contributed by atoms with Crippen molar-refractivity contribution in [3.05, 3.63) is 65.2 Å². The Hall–Kier alpha value is -3.75. The first-order valence-corrected chi connectivity index (χ1v) is 14.2. The van der Waals surface area contributed by atoms with E-state index in [2.05, 4.69) is 0 Å². The third kappa shape index (κ3) is 6.82. The first-order valence-electron chi connectivity index (χ1n) is 12.7. The molecule has 1 aliphatic heterocycles. The zero-order chi connectivity index (χ0) is 30.9. The minimum Gasteiger partial charge on any atom is -0.497 e. The van der Waals surface area contributed by atoms with Crippen molar-refractivity contribution in [2.45, 2.75) is 55.2 Å². The molecule has 0 bridgehead atoms. The molecule has 0 aromatic heterocycles. The van der Waals surface area contributed by atoms with E-state index in [0.717, 1.165) is 24.3 Å². The molecule has 0 spiro atoms. The molecule has 2 aromatic carbocycles. The average Bonchev–Trinajstić information content (AvgIpc) is 3.76. The van der Waals surface area contributed by atoms with Gasteiger partial charge in [-0.05, 0) is 60.2 Å². The molecule has 1 fully saturated rings. The number of ether oxygens (including phenoxy) is 2. The molecule has 2 N–H and O–H groups in total. The van der Waals surface area contributed by atoms with Crippen molar-refractivity contribution < 1.29 is 53.8 Å². The molecule has 1 unspecified atom stereocenters. The molecule has 0 radical (unpaired) electrons. The van der Waals surface area contributed by atoms with Gasteiger partial charge < -0.3 is 14.8 Å². The summed E-state index contributed by atoms with van der Waals surface area (Å²) >= 11 is 0. The van der Waals surface area contributed by atoms with E-state index >= 15 is 0 Å². The second kappa shape index (κ2) is 11.5. The van der Waals surface area contributed by atoms with Crippen LogP contribution < -0.4 is 19.5 Å². The van der Waals surface area contributed by atoms with Crippen molar-refractivity contribution in [2.75, 3.05) is 13.7 Å². The van der Waals surface area contributed by atoms with E-state index in [-0.39, 0.29) is 29.9 Å². The van der Waals surface area contributed by atoms with Crippen molar-refractivity contribution in [3.8, 4) is 11.5 Å². The van der Waals surface area contributed by atoms with Gasteiger partial charge in [0.25, 0.3) is 11.8 Å². The van der Waals surface area contributed by atoms with Gasteiger partial charge in [0, 0.05) is 12.8 Å². The topological polar surface area (TPSA) is 111 Å². The van der Waals surface area contributed by atoms with E-state index < -0.39 is 69.0 Å². The summed E-state index contributed by atoms with van der Waals surface area (Å²) < 4.78 is 119. The zero-order valence-electron chi connectivity index (χ0n) is 22.1. The third-order valence-corrected chi connectivity index (χ3v) is 8.68. The molecule has 2 amide bonds. The maximum absolute atomic E-state index is 14.8. The summed E-state index contributed by atoms with van der Waals surface area (Å²) in [6, 6.07) is 9.79. The number of halogens is 6. The van der Waals surface area contributed by atoms with E-state index in [1.165, 1.54) is 31.4 Å². The molecule has 1 saturated carbocycles. The Labute approximate surface area is 237 Å². The molecule has 2 aromatic rings. The SMILES string of the molecule is COc1ccc(C2=C(C(=O)NS(=O)(=O)C3CC3)C(=O)NC(c3ccc(OCCCC(F)(F)F)cc3)(C(F)(F)F)C2)cc1. The summed E-state index contributed by atoms with van der Waals surface area (Å²) in [5, 5.41) is 1.06. The lowest BCUT2D eigenvalue weighted by molar-refractivity contribution is -0.201. The number of carbonyl (C=O) groups excluding carboxylic acids is 2. The lowest BCUT2D eigenvalue weighted by Crippen LogP contribution is -2.60. The standard InChI is InChI=1S/C27H26F6N2O6S/c1-40-18-7-3-16(4-8-18)21-15-25(27(31,32)33,17-5-9-19(10-6-17)41-14-2-13-26(28,29)30)34-23(36)22(21)24(37)35-42(38,39)20-11-12-20/h3-10,20H,2,11-15H2,1H3,(H,34,36)(H,35,37). The number of benzene rings is 2. The van der Waals surface area contributed by atoms with E-state index in [0.29, 0.717) is 18.6 Å². The van der Waals surface area contributed by atoms with Gasteiger partial charge in [0.2, 0.25) is 10.0 Å². The highest BCUT2D eigenvalue weighted by atomic mass is 32.2. The molecule has 42 heavy (non-hydrogen) atoms. The Bertz CT molecular complexity index is 1470. The first-order chi connectivity index (χ1) is 19.6. The van der Waals surface area contributed by atoms with Gasteiger partial charge >= 0.3 is 12.4 Å². The number of rotatable bonds is 10. The third-order valence-electron chi connectivity index (χ3n) is 6.87. The van der Waals surface area contributed by atoms with Crippen LogP contribution in [0.25, 0.3) is 5.57 Å². The van der Waals surface area contributed by atoms with Gasteiger partial charge in [-0.1, -0.05) is 24.3 Å². The quantitative estimate of drug-likeness (QED) is 0.225.